The van der Waals surface area contributed by atoms with Crippen LogP contribution in [0.3, 0.4) is 0 Å². The Balaban J connectivity index is 1.43. The molecule has 1 amide bonds. The third-order valence-corrected chi connectivity index (χ3v) is 8.08. The molecule has 1 unspecified atom stereocenters. The van der Waals surface area contributed by atoms with Crippen molar-refractivity contribution < 1.29 is 18.8 Å². The summed E-state index contributed by atoms with van der Waals surface area (Å²) in [5.41, 5.74) is 2.72. The van der Waals surface area contributed by atoms with Gasteiger partial charge in [-0.3, -0.25) is 9.63 Å². The van der Waals surface area contributed by atoms with Crippen LogP contribution >= 0.6 is 11.6 Å². The van der Waals surface area contributed by atoms with Crippen LogP contribution in [0.4, 0.5) is 33.1 Å². The number of hydroxylamine groups is 1. The van der Waals surface area contributed by atoms with Crippen LogP contribution in [0.1, 0.15) is 30.9 Å². The van der Waals surface area contributed by atoms with Crippen molar-refractivity contribution in [2.75, 3.05) is 61.5 Å². The summed E-state index contributed by atoms with van der Waals surface area (Å²) >= 11 is 6.29. The number of rotatable bonds is 9. The van der Waals surface area contributed by atoms with E-state index in [2.05, 4.69) is 51.1 Å². The summed E-state index contributed by atoms with van der Waals surface area (Å²) in [4.78, 5) is 31.6. The first-order valence-electron chi connectivity index (χ1n) is 13.8. The number of anilines is 5. The third kappa shape index (κ3) is 6.28. The minimum atomic E-state index is -0.483. The van der Waals surface area contributed by atoms with E-state index in [0.29, 0.717) is 53.4 Å². The van der Waals surface area contributed by atoms with Crippen LogP contribution in [0.15, 0.2) is 55.4 Å². The number of carbonyl (C=O) groups excluding carboxylic acids is 1. The number of piperidine rings is 1. The topological polar surface area (TPSA) is 95.1 Å². The summed E-state index contributed by atoms with van der Waals surface area (Å²) in [5, 5.41) is 7.94. The fourth-order valence-corrected chi connectivity index (χ4v) is 5.69. The number of nitrogens with one attached hydrogen (secondary N) is 2. The van der Waals surface area contributed by atoms with Crippen molar-refractivity contribution in [3.05, 3.63) is 71.8 Å². The highest BCUT2D eigenvalue weighted by Crippen LogP contribution is 2.41. The van der Waals surface area contributed by atoms with Crippen molar-refractivity contribution in [2.24, 2.45) is 0 Å². The van der Waals surface area contributed by atoms with Crippen LogP contribution in [0, 0.1) is 5.82 Å². The van der Waals surface area contributed by atoms with Gasteiger partial charge in [0.15, 0.2) is 5.82 Å². The highest BCUT2D eigenvalue weighted by atomic mass is 35.5. The summed E-state index contributed by atoms with van der Waals surface area (Å²) in [5.74, 6) is 0.739. The van der Waals surface area contributed by atoms with E-state index < -0.39 is 5.82 Å². The molecule has 5 rings (SSSR count). The summed E-state index contributed by atoms with van der Waals surface area (Å²) in [6.45, 7) is 5.72. The Morgan fingerprint density at radius 3 is 2.69 bits per heavy atom. The molecule has 0 saturated carbocycles. The monoisotopic (exact) mass is 595 g/mol. The first-order valence-corrected chi connectivity index (χ1v) is 14.2. The van der Waals surface area contributed by atoms with Gasteiger partial charge in [-0.05, 0) is 50.7 Å². The molecule has 3 heterocycles. The molecule has 10 nitrogen and oxygen atoms in total. The first-order chi connectivity index (χ1) is 20.3. The zero-order valence-corrected chi connectivity index (χ0v) is 24.7. The van der Waals surface area contributed by atoms with Gasteiger partial charge >= 0.3 is 0 Å². The number of benzene rings is 2. The van der Waals surface area contributed by atoms with E-state index in [1.165, 1.54) is 18.5 Å². The molecule has 2 saturated heterocycles. The van der Waals surface area contributed by atoms with E-state index in [-0.39, 0.29) is 17.0 Å². The SMILES string of the molecule is C=CC(=O)Nc1cc(Nc2cc(N3OCCC3c3cccc(F)c3Cl)ncn2)c(OC)cc1N1CCC(N(C)C)CC1. The standard InChI is InChI=1S/C30H35ClFN7O3/c1-5-29(40)36-22-15-23(26(41-4)16-25(22)38-12-9-19(10-13-38)37(2)3)35-27-17-28(34-18-33-27)39-24(11-14-42-39)20-7-6-8-21(32)30(20)31/h5-8,15-19,24H,1,9-14H2,2-4H3,(H,36,40)(H,33,34,35). The number of hydrogen-bond donors (Lipinski definition) is 2. The Morgan fingerprint density at radius 2 is 1.98 bits per heavy atom. The normalized spacial score (nSPS) is 17.4. The zero-order valence-electron chi connectivity index (χ0n) is 23.9. The van der Waals surface area contributed by atoms with Crippen molar-refractivity contribution in [1.29, 1.82) is 0 Å². The van der Waals surface area contributed by atoms with Gasteiger partial charge in [-0.1, -0.05) is 30.3 Å². The number of methoxy groups -OCH3 is 1. The molecule has 1 atom stereocenters. The maximum absolute atomic E-state index is 14.2. The second kappa shape index (κ2) is 12.9. The van der Waals surface area contributed by atoms with Crippen LogP contribution in [-0.4, -0.2) is 67.7 Å². The lowest BCUT2D eigenvalue weighted by Gasteiger charge is -2.37. The zero-order chi connectivity index (χ0) is 29.8. The molecule has 2 N–H and O–H groups in total. The van der Waals surface area contributed by atoms with Gasteiger partial charge in [-0.2, -0.15) is 0 Å². The summed E-state index contributed by atoms with van der Waals surface area (Å²) in [7, 11) is 5.80. The molecule has 12 heteroatoms. The number of carbonyl (C=O) groups is 1. The molecule has 42 heavy (non-hydrogen) atoms. The van der Waals surface area contributed by atoms with E-state index in [1.807, 2.05) is 12.1 Å². The van der Waals surface area contributed by atoms with Gasteiger partial charge < -0.3 is 25.2 Å². The Morgan fingerprint density at radius 1 is 1.19 bits per heavy atom. The van der Waals surface area contributed by atoms with Gasteiger partial charge in [0.25, 0.3) is 0 Å². The fraction of sp³-hybridized carbons (Fsp3) is 0.367. The Labute approximate surface area is 250 Å². The van der Waals surface area contributed by atoms with Crippen LogP contribution in [0.2, 0.25) is 5.02 Å². The number of nitrogens with zero attached hydrogens (tertiary/aromatic N) is 5. The predicted molar refractivity (Wildman–Crippen MR) is 163 cm³/mol. The van der Waals surface area contributed by atoms with Gasteiger partial charge in [-0.15, -0.1) is 0 Å². The van der Waals surface area contributed by atoms with Crippen molar-refractivity contribution in [2.45, 2.75) is 31.3 Å². The van der Waals surface area contributed by atoms with Crippen molar-refractivity contribution in [3.63, 3.8) is 0 Å². The lowest BCUT2D eigenvalue weighted by molar-refractivity contribution is -0.111. The first kappa shape index (κ1) is 29.6. The predicted octanol–water partition coefficient (Wildman–Crippen LogP) is 5.56. The smallest absolute Gasteiger partial charge is 0.247 e. The lowest BCUT2D eigenvalue weighted by atomic mass is 10.0. The minimum Gasteiger partial charge on any atom is -0.494 e. The van der Waals surface area contributed by atoms with Crippen molar-refractivity contribution in [3.8, 4) is 5.75 Å². The molecular formula is C30H35ClFN7O3. The number of ether oxygens (including phenoxy) is 1. The Hall–Kier alpha value is -3.93. The van der Waals surface area contributed by atoms with Gasteiger partial charge in [-0.25, -0.2) is 19.4 Å². The second-order valence-electron chi connectivity index (χ2n) is 10.4. The van der Waals surface area contributed by atoms with E-state index >= 15 is 0 Å². The molecule has 2 aromatic carbocycles. The molecule has 0 aliphatic carbocycles. The summed E-state index contributed by atoms with van der Waals surface area (Å²) < 4.78 is 20.0. The largest absolute Gasteiger partial charge is 0.494 e. The van der Waals surface area contributed by atoms with Gasteiger partial charge in [0.05, 0.1) is 41.8 Å². The minimum absolute atomic E-state index is 0.0651. The molecule has 2 aliphatic rings. The molecule has 222 valence electrons. The van der Waals surface area contributed by atoms with Crippen LogP contribution in [0.25, 0.3) is 0 Å². The van der Waals surface area contributed by atoms with E-state index in [4.69, 9.17) is 21.2 Å². The number of halogens is 2. The number of hydrogen-bond acceptors (Lipinski definition) is 9. The quantitative estimate of drug-likeness (QED) is 0.308. The van der Waals surface area contributed by atoms with Gasteiger partial charge in [0, 0.05) is 37.7 Å². The molecule has 1 aromatic heterocycles. The van der Waals surface area contributed by atoms with Crippen LogP contribution in [0.5, 0.6) is 5.75 Å². The Kier molecular flexibility index (Phi) is 9.10. The van der Waals surface area contributed by atoms with Gasteiger partial charge in [0.2, 0.25) is 5.91 Å². The maximum atomic E-state index is 14.2. The summed E-state index contributed by atoms with van der Waals surface area (Å²) in [6.07, 6.45) is 5.29. The fourth-order valence-electron chi connectivity index (χ4n) is 5.43. The van der Waals surface area contributed by atoms with Crippen LogP contribution < -0.4 is 25.3 Å². The molecule has 2 aliphatic heterocycles. The molecule has 0 radical (unpaired) electrons. The molecule has 3 aromatic rings. The lowest BCUT2D eigenvalue weighted by Crippen LogP contribution is -2.42. The van der Waals surface area contributed by atoms with Crippen LogP contribution in [-0.2, 0) is 9.63 Å². The van der Waals surface area contributed by atoms with E-state index in [1.54, 1.807) is 30.4 Å². The van der Waals surface area contributed by atoms with Crippen molar-refractivity contribution in [1.82, 2.24) is 14.9 Å². The maximum Gasteiger partial charge on any atom is 0.247 e. The number of amides is 1. The highest BCUT2D eigenvalue weighted by molar-refractivity contribution is 6.31. The average molecular weight is 596 g/mol. The molecule has 0 spiro atoms. The third-order valence-electron chi connectivity index (χ3n) is 7.68. The summed E-state index contributed by atoms with van der Waals surface area (Å²) in [6, 6.07) is 10.4. The van der Waals surface area contributed by atoms with Crippen molar-refractivity contribution >= 4 is 46.2 Å². The highest BCUT2D eigenvalue weighted by Gasteiger charge is 2.31. The molecule has 0 bridgehead atoms. The Bertz CT molecular complexity index is 1450. The second-order valence-corrected chi connectivity index (χ2v) is 10.8. The molecular weight excluding hydrogens is 561 g/mol. The number of aromatic nitrogens is 2. The average Bonchev–Trinajstić information content (AvgIpc) is 3.49. The molecule has 2 fully saturated rings. The van der Waals surface area contributed by atoms with Gasteiger partial charge in [0.1, 0.15) is 23.7 Å². The van der Waals surface area contributed by atoms with E-state index in [0.717, 1.165) is 31.6 Å². The van der Waals surface area contributed by atoms with E-state index in [9.17, 15) is 9.18 Å².